The number of aliphatic hydroxyl groups excluding tert-OH is 1. The number of carbonyl (C=O) groups is 1. The molecule has 0 heterocycles. The first kappa shape index (κ1) is 11.5. The van der Waals surface area contributed by atoms with E-state index in [1.165, 1.54) is 0 Å². The monoisotopic (exact) mass is 259 g/mol. The fourth-order valence-corrected chi connectivity index (χ4v) is 1.93. The maximum atomic E-state index is 11.1. The summed E-state index contributed by atoms with van der Waals surface area (Å²) in [5.74, 6) is 2.58. The van der Waals surface area contributed by atoms with Gasteiger partial charge in [-0.1, -0.05) is 0 Å². The van der Waals surface area contributed by atoms with Gasteiger partial charge in [-0.2, -0.15) is 0 Å². The van der Waals surface area contributed by atoms with Crippen LogP contribution >= 0.6 is 15.9 Å². The summed E-state index contributed by atoms with van der Waals surface area (Å²) in [4.78, 5) is 13.5. The first-order valence-electron chi connectivity index (χ1n) is 4.79. The molecule has 4 heteroatoms. The van der Waals surface area contributed by atoms with Crippen LogP contribution < -0.4 is 5.32 Å². The van der Waals surface area contributed by atoms with Gasteiger partial charge in [0.25, 0.3) is 5.91 Å². The summed E-state index contributed by atoms with van der Waals surface area (Å²) >= 11 is 2.88. The third-order valence-electron chi connectivity index (χ3n) is 2.60. The van der Waals surface area contributed by atoms with Crippen molar-refractivity contribution in [3.05, 3.63) is 0 Å². The minimum absolute atomic E-state index is 0.227. The lowest BCUT2D eigenvalue weighted by atomic mass is 9.86. The second-order valence-corrected chi connectivity index (χ2v) is 3.99. The molecule has 0 unspecified atom stereocenters. The number of aliphatic hydroxyl groups is 1. The Labute approximate surface area is 92.4 Å². The van der Waals surface area contributed by atoms with E-state index < -0.39 is 0 Å². The largest absolute Gasteiger partial charge is 0.396 e. The van der Waals surface area contributed by atoms with Crippen molar-refractivity contribution in [3.8, 4) is 10.8 Å². The number of nitrogens with one attached hydrogen (secondary N) is 1. The van der Waals surface area contributed by atoms with E-state index in [9.17, 15) is 4.79 Å². The molecule has 78 valence electrons. The van der Waals surface area contributed by atoms with E-state index in [2.05, 4.69) is 32.0 Å². The van der Waals surface area contributed by atoms with Gasteiger partial charge in [-0.25, -0.2) is 0 Å². The van der Waals surface area contributed by atoms with Crippen LogP contribution in [0, 0.1) is 16.7 Å². The van der Waals surface area contributed by atoms with Crippen molar-refractivity contribution >= 4 is 21.8 Å². The first-order valence-corrected chi connectivity index (χ1v) is 5.58. The number of amides is 1. The molecule has 0 aromatic heterocycles. The summed E-state index contributed by atoms with van der Waals surface area (Å²) < 4.78 is 0. The minimum atomic E-state index is -0.227. The lowest BCUT2D eigenvalue weighted by Gasteiger charge is -2.27. The van der Waals surface area contributed by atoms with Gasteiger partial charge in [0.15, 0.2) is 0 Å². The van der Waals surface area contributed by atoms with Crippen molar-refractivity contribution in [3.63, 3.8) is 0 Å². The molecule has 1 amide bonds. The van der Waals surface area contributed by atoms with Crippen LogP contribution in [-0.4, -0.2) is 23.7 Å². The van der Waals surface area contributed by atoms with Gasteiger partial charge >= 0.3 is 0 Å². The van der Waals surface area contributed by atoms with E-state index in [1.54, 1.807) is 0 Å². The van der Waals surface area contributed by atoms with E-state index in [0.717, 1.165) is 25.7 Å². The SMILES string of the molecule is O=C(C#CBr)NC1CCC(CO)CC1. The molecule has 1 saturated carbocycles. The molecule has 0 radical (unpaired) electrons. The van der Waals surface area contributed by atoms with Crippen LogP contribution in [0.5, 0.6) is 0 Å². The van der Waals surface area contributed by atoms with E-state index >= 15 is 0 Å². The second kappa shape index (κ2) is 6.05. The molecular weight excluding hydrogens is 246 g/mol. The van der Waals surface area contributed by atoms with Gasteiger partial charge in [0, 0.05) is 34.5 Å². The molecule has 1 rings (SSSR count). The average Bonchev–Trinajstić information content (AvgIpc) is 2.19. The van der Waals surface area contributed by atoms with Crippen molar-refractivity contribution in [1.82, 2.24) is 5.32 Å². The lowest BCUT2D eigenvalue weighted by Crippen LogP contribution is -2.37. The van der Waals surface area contributed by atoms with Crippen molar-refractivity contribution < 1.29 is 9.90 Å². The predicted octanol–water partition coefficient (Wildman–Crippen LogP) is 1.01. The van der Waals surface area contributed by atoms with Crippen LogP contribution in [0.2, 0.25) is 0 Å². The fourth-order valence-electron chi connectivity index (χ4n) is 1.75. The van der Waals surface area contributed by atoms with Crippen molar-refractivity contribution in [2.24, 2.45) is 5.92 Å². The molecule has 0 aliphatic heterocycles. The molecule has 14 heavy (non-hydrogen) atoms. The fraction of sp³-hybridized carbons (Fsp3) is 0.700. The highest BCUT2D eigenvalue weighted by molar-refractivity contribution is 9.12. The molecular formula is C10H14BrNO2. The van der Waals surface area contributed by atoms with E-state index in [-0.39, 0.29) is 18.6 Å². The van der Waals surface area contributed by atoms with Gasteiger partial charge < -0.3 is 10.4 Å². The van der Waals surface area contributed by atoms with Crippen LogP contribution in [0.1, 0.15) is 25.7 Å². The Morgan fingerprint density at radius 1 is 1.43 bits per heavy atom. The van der Waals surface area contributed by atoms with Crippen molar-refractivity contribution in [1.29, 1.82) is 0 Å². The Morgan fingerprint density at radius 3 is 2.57 bits per heavy atom. The highest BCUT2D eigenvalue weighted by atomic mass is 79.9. The topological polar surface area (TPSA) is 49.3 Å². The summed E-state index contributed by atoms with van der Waals surface area (Å²) in [7, 11) is 0. The highest BCUT2D eigenvalue weighted by Crippen LogP contribution is 2.23. The normalized spacial score (nSPS) is 26.1. The zero-order valence-corrected chi connectivity index (χ0v) is 9.51. The molecule has 0 atom stereocenters. The third kappa shape index (κ3) is 3.69. The van der Waals surface area contributed by atoms with Crippen LogP contribution in [-0.2, 0) is 4.79 Å². The van der Waals surface area contributed by atoms with Crippen LogP contribution in [0.25, 0.3) is 0 Å². The van der Waals surface area contributed by atoms with Crippen molar-refractivity contribution in [2.45, 2.75) is 31.7 Å². The Balaban J connectivity index is 2.27. The molecule has 1 aliphatic carbocycles. The van der Waals surface area contributed by atoms with Crippen LogP contribution in [0.4, 0.5) is 0 Å². The molecule has 3 nitrogen and oxygen atoms in total. The van der Waals surface area contributed by atoms with E-state index in [0.29, 0.717) is 5.92 Å². The zero-order chi connectivity index (χ0) is 10.4. The molecule has 2 N–H and O–H groups in total. The summed E-state index contributed by atoms with van der Waals surface area (Å²) in [6.45, 7) is 0.266. The molecule has 0 saturated heterocycles. The highest BCUT2D eigenvalue weighted by Gasteiger charge is 2.21. The van der Waals surface area contributed by atoms with Gasteiger partial charge in [0.2, 0.25) is 0 Å². The summed E-state index contributed by atoms with van der Waals surface area (Å²) in [6, 6.07) is 0.235. The quantitative estimate of drug-likeness (QED) is 0.728. The first-order chi connectivity index (χ1) is 6.76. The Morgan fingerprint density at radius 2 is 2.07 bits per heavy atom. The number of rotatable bonds is 2. The predicted molar refractivity (Wildman–Crippen MR) is 57.7 cm³/mol. The maximum Gasteiger partial charge on any atom is 0.296 e. The summed E-state index contributed by atoms with van der Waals surface area (Å²) in [6.07, 6.45) is 3.87. The Bertz CT molecular complexity index is 249. The van der Waals surface area contributed by atoms with E-state index in [1.807, 2.05) is 0 Å². The molecule has 0 bridgehead atoms. The average molecular weight is 260 g/mol. The van der Waals surface area contributed by atoms with Gasteiger partial charge in [-0.15, -0.1) is 0 Å². The number of halogens is 1. The van der Waals surface area contributed by atoms with Gasteiger partial charge in [-0.3, -0.25) is 4.79 Å². The second-order valence-electron chi connectivity index (χ2n) is 3.59. The maximum absolute atomic E-state index is 11.1. The third-order valence-corrected chi connectivity index (χ3v) is 2.80. The smallest absolute Gasteiger partial charge is 0.296 e. The molecule has 0 spiro atoms. The Hall–Kier alpha value is -0.530. The molecule has 1 aliphatic rings. The molecule has 0 aromatic carbocycles. The van der Waals surface area contributed by atoms with Crippen LogP contribution in [0.15, 0.2) is 0 Å². The summed E-state index contributed by atoms with van der Waals surface area (Å²) in [5, 5.41) is 11.8. The lowest BCUT2D eigenvalue weighted by molar-refractivity contribution is -0.116. The number of hydrogen-bond donors (Lipinski definition) is 2. The van der Waals surface area contributed by atoms with Gasteiger partial charge in [0.05, 0.1) is 0 Å². The summed E-state index contributed by atoms with van der Waals surface area (Å²) in [5.41, 5.74) is 0. The van der Waals surface area contributed by atoms with E-state index in [4.69, 9.17) is 5.11 Å². The van der Waals surface area contributed by atoms with Gasteiger partial charge in [0.1, 0.15) is 0 Å². The Kier molecular flexibility index (Phi) is 4.99. The zero-order valence-electron chi connectivity index (χ0n) is 7.92. The molecule has 0 aromatic rings. The van der Waals surface area contributed by atoms with Gasteiger partial charge in [-0.05, 0) is 36.4 Å². The molecule has 1 fully saturated rings. The van der Waals surface area contributed by atoms with Crippen molar-refractivity contribution in [2.75, 3.05) is 6.61 Å². The van der Waals surface area contributed by atoms with Crippen LogP contribution in [0.3, 0.4) is 0 Å². The number of carbonyl (C=O) groups excluding carboxylic acids is 1. The minimum Gasteiger partial charge on any atom is -0.396 e. The number of hydrogen-bond acceptors (Lipinski definition) is 2. The standard InChI is InChI=1S/C10H14BrNO2/c11-6-5-10(14)12-9-3-1-8(7-13)2-4-9/h8-9,13H,1-4,7H2,(H,12,14).